The van der Waals surface area contributed by atoms with Gasteiger partial charge in [-0.3, -0.25) is 9.59 Å². The van der Waals surface area contributed by atoms with Gasteiger partial charge in [0.25, 0.3) is 0 Å². The van der Waals surface area contributed by atoms with Gasteiger partial charge in [-0.05, 0) is 37.0 Å². The smallest absolute Gasteiger partial charge is 0.342 e. The van der Waals surface area contributed by atoms with Gasteiger partial charge in [-0.2, -0.15) is 0 Å². The Hall–Kier alpha value is -1.95. The van der Waals surface area contributed by atoms with Gasteiger partial charge < -0.3 is 14.6 Å². The van der Waals surface area contributed by atoms with Crippen molar-refractivity contribution in [2.75, 3.05) is 0 Å². The summed E-state index contributed by atoms with van der Waals surface area (Å²) in [6, 6.07) is 0. The first-order valence-electron chi connectivity index (χ1n) is 10.1. The number of carbonyl (C=O) groups is 3. The van der Waals surface area contributed by atoms with Gasteiger partial charge in [-0.25, -0.2) is 4.79 Å². The van der Waals surface area contributed by atoms with Gasteiger partial charge in [-0.1, -0.05) is 27.7 Å². The molecule has 0 aromatic heterocycles. The predicted octanol–water partition coefficient (Wildman–Crippen LogP) is 2.84. The van der Waals surface area contributed by atoms with Crippen molar-refractivity contribution in [3.63, 3.8) is 0 Å². The Labute approximate surface area is 165 Å². The maximum atomic E-state index is 13.5. The predicted molar refractivity (Wildman–Crippen MR) is 99.7 cm³/mol. The average Bonchev–Trinajstić information content (AvgIpc) is 3.00. The van der Waals surface area contributed by atoms with Gasteiger partial charge in [0.1, 0.15) is 5.76 Å². The molecule has 28 heavy (non-hydrogen) atoms. The molecule has 1 N–H and O–H groups in total. The molecule has 4 aliphatic rings. The van der Waals surface area contributed by atoms with Gasteiger partial charge in [0.2, 0.25) is 5.78 Å². The summed E-state index contributed by atoms with van der Waals surface area (Å²) in [5, 5.41) is 10.5. The summed E-state index contributed by atoms with van der Waals surface area (Å²) >= 11 is 0. The molecule has 1 saturated carbocycles. The molecule has 1 aliphatic heterocycles. The summed E-state index contributed by atoms with van der Waals surface area (Å²) in [4.78, 5) is 37.8. The molecule has 6 heteroatoms. The number of fused-ring (bicyclic) bond motifs is 1. The molecule has 0 saturated heterocycles. The minimum Gasteiger partial charge on any atom is -0.454 e. The molecule has 3 aliphatic carbocycles. The standard InChI is InChI=1S/C22H28O6/c1-10(2)14-19(27-11(3)23)17(25)16-18-15-13(20(26)28-18)12(24)6-7-21(15,4)8-9-22(14,16)5/h10,12,14,19,24H,6-9H2,1-5H3/t12-,14-,19+,21-,22+/m0/s1. The number of Topliss-reactive ketones (excluding diaryl/α,β-unsaturated/α-hetero) is 1. The Kier molecular flexibility index (Phi) is 4.17. The molecule has 0 amide bonds. The fourth-order valence-corrected chi connectivity index (χ4v) is 6.15. The molecule has 4 rings (SSSR count). The first kappa shape index (κ1) is 19.4. The van der Waals surface area contributed by atoms with Crippen LogP contribution in [0.2, 0.25) is 0 Å². The minimum atomic E-state index is -0.869. The Morgan fingerprint density at radius 1 is 1.18 bits per heavy atom. The summed E-state index contributed by atoms with van der Waals surface area (Å²) in [7, 11) is 0. The highest BCUT2D eigenvalue weighted by atomic mass is 16.6. The van der Waals surface area contributed by atoms with E-state index in [1.165, 1.54) is 6.92 Å². The lowest BCUT2D eigenvalue weighted by molar-refractivity contribution is -0.155. The number of hydrogen-bond donors (Lipinski definition) is 1. The van der Waals surface area contributed by atoms with Crippen molar-refractivity contribution in [1.82, 2.24) is 0 Å². The molecule has 1 fully saturated rings. The summed E-state index contributed by atoms with van der Waals surface area (Å²) < 4.78 is 11.2. The normalized spacial score (nSPS) is 39.8. The first-order valence-corrected chi connectivity index (χ1v) is 10.1. The van der Waals surface area contributed by atoms with Crippen LogP contribution in [0.25, 0.3) is 0 Å². The maximum Gasteiger partial charge on any atom is 0.342 e. The molecule has 0 bridgehead atoms. The lowest BCUT2D eigenvalue weighted by Gasteiger charge is -2.38. The molecular weight excluding hydrogens is 360 g/mol. The molecule has 6 nitrogen and oxygen atoms in total. The number of ether oxygens (including phenoxy) is 2. The first-order chi connectivity index (χ1) is 13.0. The van der Waals surface area contributed by atoms with Crippen LogP contribution in [0.5, 0.6) is 0 Å². The number of aliphatic hydroxyl groups excluding tert-OH is 1. The maximum absolute atomic E-state index is 13.5. The van der Waals surface area contributed by atoms with E-state index in [1.54, 1.807) is 0 Å². The Morgan fingerprint density at radius 3 is 2.46 bits per heavy atom. The van der Waals surface area contributed by atoms with Crippen molar-refractivity contribution in [3.05, 3.63) is 22.5 Å². The van der Waals surface area contributed by atoms with Crippen molar-refractivity contribution in [2.24, 2.45) is 22.7 Å². The second-order valence-corrected chi connectivity index (χ2v) is 9.58. The quantitative estimate of drug-likeness (QED) is 0.732. The van der Waals surface area contributed by atoms with Crippen molar-refractivity contribution >= 4 is 17.7 Å². The van der Waals surface area contributed by atoms with Gasteiger partial charge in [0.05, 0.1) is 11.7 Å². The Morgan fingerprint density at radius 2 is 1.86 bits per heavy atom. The highest BCUT2D eigenvalue weighted by molar-refractivity contribution is 6.07. The minimum absolute atomic E-state index is 0.0977. The van der Waals surface area contributed by atoms with E-state index in [2.05, 4.69) is 6.92 Å². The molecule has 0 aromatic carbocycles. The number of ketones is 1. The molecule has 0 aromatic rings. The van der Waals surface area contributed by atoms with Crippen LogP contribution in [0.3, 0.4) is 0 Å². The van der Waals surface area contributed by atoms with Crippen molar-refractivity contribution < 1.29 is 29.0 Å². The number of esters is 2. The molecular formula is C22H28O6. The third-order valence-electron chi connectivity index (χ3n) is 7.39. The molecule has 1 heterocycles. The van der Waals surface area contributed by atoms with Gasteiger partial charge in [0.15, 0.2) is 6.10 Å². The number of allylic oxidation sites excluding steroid dienone is 1. The van der Waals surface area contributed by atoms with E-state index >= 15 is 0 Å². The van der Waals surface area contributed by atoms with Crippen LogP contribution in [0.15, 0.2) is 22.5 Å². The zero-order chi connectivity index (χ0) is 20.6. The second kappa shape index (κ2) is 6.02. The summed E-state index contributed by atoms with van der Waals surface area (Å²) in [6.07, 6.45) is 1.04. The highest BCUT2D eigenvalue weighted by Gasteiger charge is 2.62. The van der Waals surface area contributed by atoms with Crippen LogP contribution in [-0.2, 0) is 23.9 Å². The van der Waals surface area contributed by atoms with E-state index in [0.717, 1.165) is 19.3 Å². The number of hydrogen-bond acceptors (Lipinski definition) is 6. The Bertz CT molecular complexity index is 849. The lowest BCUT2D eigenvalue weighted by atomic mass is 9.65. The topological polar surface area (TPSA) is 89.9 Å². The van der Waals surface area contributed by atoms with Crippen molar-refractivity contribution in [2.45, 2.75) is 72.5 Å². The molecule has 152 valence electrons. The van der Waals surface area contributed by atoms with Crippen molar-refractivity contribution in [3.8, 4) is 0 Å². The monoisotopic (exact) mass is 388 g/mol. The molecule has 0 radical (unpaired) electrons. The van der Waals surface area contributed by atoms with E-state index in [0.29, 0.717) is 28.9 Å². The van der Waals surface area contributed by atoms with E-state index in [4.69, 9.17) is 9.47 Å². The zero-order valence-electron chi connectivity index (χ0n) is 17.1. The van der Waals surface area contributed by atoms with Crippen LogP contribution in [0.1, 0.15) is 60.3 Å². The molecule has 5 atom stereocenters. The molecule has 0 unspecified atom stereocenters. The van der Waals surface area contributed by atoms with Crippen LogP contribution < -0.4 is 0 Å². The largest absolute Gasteiger partial charge is 0.454 e. The third kappa shape index (κ3) is 2.39. The number of aliphatic hydroxyl groups is 1. The van der Waals surface area contributed by atoms with E-state index in [9.17, 15) is 19.5 Å². The summed E-state index contributed by atoms with van der Waals surface area (Å²) in [5.74, 6) is -1.08. The number of carbonyl (C=O) groups excluding carboxylic acids is 3. The van der Waals surface area contributed by atoms with Gasteiger partial charge in [-0.15, -0.1) is 0 Å². The highest BCUT2D eigenvalue weighted by Crippen LogP contribution is 2.62. The van der Waals surface area contributed by atoms with Crippen LogP contribution >= 0.6 is 0 Å². The zero-order valence-corrected chi connectivity index (χ0v) is 17.1. The van der Waals surface area contributed by atoms with E-state index < -0.39 is 29.6 Å². The third-order valence-corrected chi connectivity index (χ3v) is 7.39. The summed E-state index contributed by atoms with van der Waals surface area (Å²) in [5.41, 5.74) is 0.609. The summed E-state index contributed by atoms with van der Waals surface area (Å²) in [6.45, 7) is 9.50. The SMILES string of the molecule is CC(=O)O[C@H]1C(=O)C2=C3OC(=O)C4=C3[C@@](C)(CC[C@@H]4O)CC[C@]2(C)[C@H]1C(C)C. The Balaban J connectivity index is 1.98. The lowest BCUT2D eigenvalue weighted by Crippen LogP contribution is -2.37. The van der Waals surface area contributed by atoms with Crippen LogP contribution in [-0.4, -0.2) is 35.0 Å². The van der Waals surface area contributed by atoms with E-state index in [-0.39, 0.29) is 23.0 Å². The van der Waals surface area contributed by atoms with E-state index in [1.807, 2.05) is 20.8 Å². The van der Waals surface area contributed by atoms with Crippen molar-refractivity contribution in [1.29, 1.82) is 0 Å². The van der Waals surface area contributed by atoms with Gasteiger partial charge in [0, 0.05) is 29.4 Å². The van der Waals surface area contributed by atoms with Crippen LogP contribution in [0.4, 0.5) is 0 Å². The fraction of sp³-hybridized carbons (Fsp3) is 0.682. The molecule has 0 spiro atoms. The number of rotatable bonds is 2. The van der Waals surface area contributed by atoms with Gasteiger partial charge >= 0.3 is 11.9 Å². The second-order valence-electron chi connectivity index (χ2n) is 9.58. The van der Waals surface area contributed by atoms with Crippen LogP contribution in [0, 0.1) is 22.7 Å². The fourth-order valence-electron chi connectivity index (χ4n) is 6.15. The average molecular weight is 388 g/mol.